The Kier molecular flexibility index (Phi) is 3.06. The molecule has 2 unspecified atom stereocenters. The molecule has 0 bridgehead atoms. The van der Waals surface area contributed by atoms with Gasteiger partial charge in [0.1, 0.15) is 0 Å². The lowest BCUT2D eigenvalue weighted by molar-refractivity contribution is -0.261. The minimum atomic E-state index is -4.75. The van der Waals surface area contributed by atoms with E-state index in [4.69, 9.17) is 5.73 Å². The maximum absolute atomic E-state index is 12.4. The van der Waals surface area contributed by atoms with Crippen molar-refractivity contribution in [3.05, 3.63) is 35.9 Å². The number of halogens is 3. The topological polar surface area (TPSA) is 46.2 Å². The summed E-state index contributed by atoms with van der Waals surface area (Å²) in [6.45, 7) is 0.671. The predicted molar refractivity (Wildman–Crippen MR) is 50.0 cm³/mol. The van der Waals surface area contributed by atoms with Gasteiger partial charge in [0.25, 0.3) is 0 Å². The van der Waals surface area contributed by atoms with Crippen LogP contribution in [0, 0.1) is 0 Å². The van der Waals surface area contributed by atoms with Crippen molar-refractivity contribution < 1.29 is 18.3 Å². The van der Waals surface area contributed by atoms with Crippen molar-refractivity contribution in [1.29, 1.82) is 0 Å². The first-order valence-corrected chi connectivity index (χ1v) is 4.36. The quantitative estimate of drug-likeness (QED) is 0.799. The molecule has 2 atom stereocenters. The average Bonchev–Trinajstić information content (AvgIpc) is 2.16. The lowest BCUT2D eigenvalue weighted by atomic mass is 9.90. The molecule has 84 valence electrons. The number of alkyl halides is 3. The van der Waals surface area contributed by atoms with Gasteiger partial charge in [-0.25, -0.2) is 0 Å². The van der Waals surface area contributed by atoms with Gasteiger partial charge in [-0.1, -0.05) is 30.3 Å². The molecule has 0 aliphatic carbocycles. The molecule has 0 radical (unpaired) electrons. The van der Waals surface area contributed by atoms with E-state index >= 15 is 0 Å². The van der Waals surface area contributed by atoms with E-state index in [1.54, 1.807) is 18.2 Å². The molecule has 0 heterocycles. The van der Waals surface area contributed by atoms with Crippen LogP contribution in [-0.4, -0.2) is 16.9 Å². The summed E-state index contributed by atoms with van der Waals surface area (Å²) in [5.74, 6) is 0. The van der Waals surface area contributed by atoms with E-state index in [1.807, 2.05) is 0 Å². The summed E-state index contributed by atoms with van der Waals surface area (Å²) in [4.78, 5) is 0. The number of rotatable bonds is 2. The van der Waals surface area contributed by atoms with Crippen LogP contribution in [0.5, 0.6) is 0 Å². The van der Waals surface area contributed by atoms with Gasteiger partial charge in [0.05, 0.1) is 6.04 Å². The van der Waals surface area contributed by atoms with Crippen LogP contribution in [0.15, 0.2) is 30.3 Å². The standard InChI is InChI=1S/C10H12F3NO/c1-9(15,10(11,12)13)8(14)7-5-3-2-4-6-7/h2-6,8,15H,14H2,1H3. The van der Waals surface area contributed by atoms with Crippen LogP contribution in [-0.2, 0) is 0 Å². The van der Waals surface area contributed by atoms with Crippen molar-refractivity contribution in [3.63, 3.8) is 0 Å². The molecule has 1 aromatic carbocycles. The Balaban J connectivity index is 3.00. The van der Waals surface area contributed by atoms with E-state index in [-0.39, 0.29) is 5.56 Å². The zero-order chi connectivity index (χ0) is 11.7. The maximum Gasteiger partial charge on any atom is 0.418 e. The van der Waals surface area contributed by atoms with Crippen molar-refractivity contribution in [2.75, 3.05) is 0 Å². The van der Waals surface area contributed by atoms with Crippen LogP contribution in [0.25, 0.3) is 0 Å². The molecule has 1 aromatic rings. The second kappa shape index (κ2) is 3.83. The Labute approximate surface area is 85.5 Å². The molecule has 0 spiro atoms. The van der Waals surface area contributed by atoms with E-state index in [9.17, 15) is 18.3 Å². The summed E-state index contributed by atoms with van der Waals surface area (Å²) in [5.41, 5.74) is 2.72. The molecule has 0 saturated carbocycles. The number of benzene rings is 1. The second-order valence-corrected chi connectivity index (χ2v) is 3.53. The molecule has 0 amide bonds. The van der Waals surface area contributed by atoms with Gasteiger partial charge in [0, 0.05) is 0 Å². The molecular formula is C10H12F3NO. The largest absolute Gasteiger partial charge is 0.418 e. The van der Waals surface area contributed by atoms with Crippen LogP contribution < -0.4 is 5.73 Å². The second-order valence-electron chi connectivity index (χ2n) is 3.53. The third kappa shape index (κ3) is 2.30. The number of aliphatic hydroxyl groups is 1. The first kappa shape index (κ1) is 12.0. The summed E-state index contributed by atoms with van der Waals surface area (Å²) in [6.07, 6.45) is -4.75. The lowest BCUT2D eigenvalue weighted by Gasteiger charge is -2.32. The number of nitrogens with two attached hydrogens (primary N) is 1. The van der Waals surface area contributed by atoms with E-state index in [2.05, 4.69) is 0 Å². The van der Waals surface area contributed by atoms with E-state index in [1.165, 1.54) is 12.1 Å². The Morgan fingerprint density at radius 3 is 2.07 bits per heavy atom. The van der Waals surface area contributed by atoms with Gasteiger partial charge < -0.3 is 10.8 Å². The van der Waals surface area contributed by atoms with Crippen LogP contribution in [0.4, 0.5) is 13.2 Å². The molecule has 15 heavy (non-hydrogen) atoms. The molecular weight excluding hydrogens is 207 g/mol. The van der Waals surface area contributed by atoms with E-state index in [0.717, 1.165) is 0 Å². The minimum absolute atomic E-state index is 0.250. The zero-order valence-electron chi connectivity index (χ0n) is 8.12. The Hall–Kier alpha value is -1.07. The number of hydrogen-bond acceptors (Lipinski definition) is 2. The number of hydrogen-bond donors (Lipinski definition) is 2. The van der Waals surface area contributed by atoms with Crippen LogP contribution in [0.2, 0.25) is 0 Å². The van der Waals surface area contributed by atoms with Crippen molar-refractivity contribution in [3.8, 4) is 0 Å². The van der Waals surface area contributed by atoms with Gasteiger partial charge >= 0.3 is 6.18 Å². The normalized spacial score (nSPS) is 18.3. The van der Waals surface area contributed by atoms with Crippen molar-refractivity contribution >= 4 is 0 Å². The molecule has 5 heteroatoms. The third-order valence-electron chi connectivity index (χ3n) is 2.34. The Morgan fingerprint density at radius 2 is 1.67 bits per heavy atom. The van der Waals surface area contributed by atoms with Crippen LogP contribution in [0.3, 0.4) is 0 Å². The molecule has 2 nitrogen and oxygen atoms in total. The van der Waals surface area contributed by atoms with Crippen molar-refractivity contribution in [2.45, 2.75) is 24.7 Å². The van der Waals surface area contributed by atoms with Gasteiger partial charge in [0.15, 0.2) is 5.60 Å². The average molecular weight is 219 g/mol. The van der Waals surface area contributed by atoms with Gasteiger partial charge in [-0.2, -0.15) is 13.2 Å². The maximum atomic E-state index is 12.4. The molecule has 0 saturated heterocycles. The highest BCUT2D eigenvalue weighted by Crippen LogP contribution is 2.38. The zero-order valence-corrected chi connectivity index (χ0v) is 8.12. The van der Waals surface area contributed by atoms with Crippen molar-refractivity contribution in [1.82, 2.24) is 0 Å². The minimum Gasteiger partial charge on any atom is -0.379 e. The summed E-state index contributed by atoms with van der Waals surface area (Å²) in [7, 11) is 0. The smallest absolute Gasteiger partial charge is 0.379 e. The van der Waals surface area contributed by atoms with Gasteiger partial charge in [-0.15, -0.1) is 0 Å². The fourth-order valence-corrected chi connectivity index (χ4v) is 1.16. The summed E-state index contributed by atoms with van der Waals surface area (Å²) >= 11 is 0. The summed E-state index contributed by atoms with van der Waals surface area (Å²) in [6, 6.07) is 6.22. The Morgan fingerprint density at radius 1 is 1.20 bits per heavy atom. The first-order chi connectivity index (χ1) is 6.77. The molecule has 0 aliphatic heterocycles. The monoisotopic (exact) mass is 219 g/mol. The lowest BCUT2D eigenvalue weighted by Crippen LogP contribution is -2.50. The molecule has 3 N–H and O–H groups in total. The molecule has 0 aliphatic rings. The Bertz CT molecular complexity index is 321. The van der Waals surface area contributed by atoms with Crippen LogP contribution >= 0.6 is 0 Å². The molecule has 0 aromatic heterocycles. The molecule has 1 rings (SSSR count). The van der Waals surface area contributed by atoms with Gasteiger partial charge in [-0.05, 0) is 12.5 Å². The highest BCUT2D eigenvalue weighted by atomic mass is 19.4. The van der Waals surface area contributed by atoms with Gasteiger partial charge in [-0.3, -0.25) is 0 Å². The molecule has 0 fully saturated rings. The van der Waals surface area contributed by atoms with Crippen molar-refractivity contribution in [2.24, 2.45) is 5.73 Å². The fourth-order valence-electron chi connectivity index (χ4n) is 1.16. The SMILES string of the molecule is CC(O)(C(N)c1ccccc1)C(F)(F)F. The van der Waals surface area contributed by atoms with Gasteiger partial charge in [0.2, 0.25) is 0 Å². The highest BCUT2D eigenvalue weighted by Gasteiger charge is 2.54. The summed E-state index contributed by atoms with van der Waals surface area (Å²) < 4.78 is 37.3. The fraction of sp³-hybridized carbons (Fsp3) is 0.400. The van der Waals surface area contributed by atoms with E-state index < -0.39 is 17.8 Å². The van der Waals surface area contributed by atoms with E-state index in [0.29, 0.717) is 6.92 Å². The highest BCUT2D eigenvalue weighted by molar-refractivity contribution is 5.22. The third-order valence-corrected chi connectivity index (χ3v) is 2.34. The predicted octanol–water partition coefficient (Wildman–Crippen LogP) is 2.00. The first-order valence-electron chi connectivity index (χ1n) is 4.36. The summed E-state index contributed by atoms with van der Waals surface area (Å²) in [5, 5.41) is 9.32. The van der Waals surface area contributed by atoms with Crippen LogP contribution in [0.1, 0.15) is 18.5 Å².